The van der Waals surface area contributed by atoms with Crippen LogP contribution in [0.15, 0.2) is 36.5 Å². The molecule has 4 nitrogen and oxygen atoms in total. The molecule has 0 bridgehead atoms. The summed E-state index contributed by atoms with van der Waals surface area (Å²) in [7, 11) is 0. The molecule has 3 N–H and O–H groups in total. The van der Waals surface area contributed by atoms with Crippen LogP contribution < -0.4 is 10.5 Å². The van der Waals surface area contributed by atoms with Gasteiger partial charge in [0.2, 0.25) is 5.88 Å². The van der Waals surface area contributed by atoms with Crippen molar-refractivity contribution in [3.05, 3.63) is 52.7 Å². The highest BCUT2D eigenvalue weighted by Crippen LogP contribution is 2.29. The number of pyridine rings is 1. The van der Waals surface area contributed by atoms with Crippen molar-refractivity contribution in [2.75, 3.05) is 0 Å². The summed E-state index contributed by atoms with van der Waals surface area (Å²) in [5.41, 5.74) is 7.07. The summed E-state index contributed by atoms with van der Waals surface area (Å²) in [5, 5.41) is 7.66. The van der Waals surface area contributed by atoms with Gasteiger partial charge in [0, 0.05) is 11.8 Å². The van der Waals surface area contributed by atoms with Crippen molar-refractivity contribution >= 4 is 17.4 Å². The SMILES string of the molecule is CCc1ccc(Oc2nccc(C(=N)N)c2Cl)cc1. The second-order valence-electron chi connectivity index (χ2n) is 3.99. The van der Waals surface area contributed by atoms with Crippen LogP contribution in [0.25, 0.3) is 0 Å². The Hall–Kier alpha value is -2.07. The summed E-state index contributed by atoms with van der Waals surface area (Å²) in [6, 6.07) is 9.27. The molecule has 0 amide bonds. The number of nitrogens with two attached hydrogens (primary N) is 1. The maximum atomic E-state index is 7.42. The van der Waals surface area contributed by atoms with E-state index in [-0.39, 0.29) is 16.7 Å². The third kappa shape index (κ3) is 3.03. The monoisotopic (exact) mass is 275 g/mol. The lowest BCUT2D eigenvalue weighted by Crippen LogP contribution is -2.12. The predicted octanol–water partition coefficient (Wildman–Crippen LogP) is 3.37. The van der Waals surface area contributed by atoms with Crippen LogP contribution in [-0.2, 0) is 6.42 Å². The second kappa shape index (κ2) is 5.71. The normalized spacial score (nSPS) is 10.2. The first kappa shape index (κ1) is 13.4. The van der Waals surface area contributed by atoms with Gasteiger partial charge in [-0.15, -0.1) is 0 Å². The number of hydrogen-bond acceptors (Lipinski definition) is 3. The van der Waals surface area contributed by atoms with Crippen molar-refractivity contribution in [2.24, 2.45) is 5.73 Å². The number of halogens is 1. The van der Waals surface area contributed by atoms with Crippen molar-refractivity contribution in [1.82, 2.24) is 4.98 Å². The van der Waals surface area contributed by atoms with Crippen LogP contribution in [0.4, 0.5) is 0 Å². The number of aromatic nitrogens is 1. The largest absolute Gasteiger partial charge is 0.438 e. The molecule has 19 heavy (non-hydrogen) atoms. The van der Waals surface area contributed by atoms with E-state index in [0.717, 1.165) is 6.42 Å². The minimum absolute atomic E-state index is 0.112. The van der Waals surface area contributed by atoms with E-state index in [0.29, 0.717) is 11.3 Å². The van der Waals surface area contributed by atoms with Gasteiger partial charge in [0.1, 0.15) is 16.6 Å². The molecule has 0 aliphatic rings. The maximum absolute atomic E-state index is 7.42. The minimum atomic E-state index is -0.112. The molecule has 0 radical (unpaired) electrons. The molecule has 0 spiro atoms. The van der Waals surface area contributed by atoms with E-state index in [1.807, 2.05) is 24.3 Å². The number of rotatable bonds is 4. The van der Waals surface area contributed by atoms with Crippen LogP contribution in [0.5, 0.6) is 11.6 Å². The van der Waals surface area contributed by atoms with Gasteiger partial charge >= 0.3 is 0 Å². The van der Waals surface area contributed by atoms with Gasteiger partial charge in [-0.2, -0.15) is 0 Å². The highest BCUT2D eigenvalue weighted by atomic mass is 35.5. The van der Waals surface area contributed by atoms with Crippen molar-refractivity contribution in [2.45, 2.75) is 13.3 Å². The summed E-state index contributed by atoms with van der Waals surface area (Å²) in [6.45, 7) is 2.09. The molecular weight excluding hydrogens is 262 g/mol. The van der Waals surface area contributed by atoms with Gasteiger partial charge in [-0.1, -0.05) is 30.7 Å². The molecule has 2 aromatic rings. The molecule has 1 heterocycles. The Labute approximate surface area is 116 Å². The molecule has 1 aromatic heterocycles. The Morgan fingerprint density at radius 2 is 2.00 bits per heavy atom. The summed E-state index contributed by atoms with van der Waals surface area (Å²) in [6.07, 6.45) is 2.48. The number of aryl methyl sites for hydroxylation is 1. The van der Waals surface area contributed by atoms with Gasteiger partial charge in [0.15, 0.2) is 0 Å². The lowest BCUT2D eigenvalue weighted by molar-refractivity contribution is 0.463. The quantitative estimate of drug-likeness (QED) is 0.664. The fraction of sp³-hybridized carbons (Fsp3) is 0.143. The van der Waals surface area contributed by atoms with E-state index in [1.165, 1.54) is 11.8 Å². The average Bonchev–Trinajstić information content (AvgIpc) is 2.41. The Balaban J connectivity index is 2.27. The van der Waals surface area contributed by atoms with Crippen molar-refractivity contribution in [1.29, 1.82) is 5.41 Å². The van der Waals surface area contributed by atoms with Crippen LogP contribution in [0, 0.1) is 5.41 Å². The first-order valence-electron chi connectivity index (χ1n) is 5.87. The van der Waals surface area contributed by atoms with Gasteiger partial charge in [-0.05, 0) is 30.2 Å². The van der Waals surface area contributed by atoms with Crippen LogP contribution in [0.1, 0.15) is 18.1 Å². The number of nitrogen functional groups attached to an aromatic ring is 1. The molecule has 5 heteroatoms. The minimum Gasteiger partial charge on any atom is -0.438 e. The van der Waals surface area contributed by atoms with Crippen LogP contribution >= 0.6 is 11.6 Å². The maximum Gasteiger partial charge on any atom is 0.238 e. The number of nitrogens with one attached hydrogen (secondary N) is 1. The topological polar surface area (TPSA) is 72.0 Å². The molecule has 0 saturated carbocycles. The molecule has 0 aliphatic carbocycles. The van der Waals surface area contributed by atoms with Crippen LogP contribution in [-0.4, -0.2) is 10.8 Å². The van der Waals surface area contributed by atoms with E-state index >= 15 is 0 Å². The first-order valence-corrected chi connectivity index (χ1v) is 6.25. The van der Waals surface area contributed by atoms with E-state index < -0.39 is 0 Å². The van der Waals surface area contributed by atoms with Gasteiger partial charge in [-0.3, -0.25) is 5.41 Å². The highest BCUT2D eigenvalue weighted by molar-refractivity contribution is 6.35. The molecule has 98 valence electrons. The van der Waals surface area contributed by atoms with E-state index in [1.54, 1.807) is 6.07 Å². The summed E-state index contributed by atoms with van der Waals surface area (Å²) in [4.78, 5) is 4.05. The van der Waals surface area contributed by atoms with Crippen molar-refractivity contribution in [3.63, 3.8) is 0 Å². The number of nitrogens with zero attached hydrogens (tertiary/aromatic N) is 1. The summed E-state index contributed by atoms with van der Waals surface area (Å²) < 4.78 is 5.60. The molecule has 0 unspecified atom stereocenters. The summed E-state index contributed by atoms with van der Waals surface area (Å²) in [5.74, 6) is 0.782. The fourth-order valence-electron chi connectivity index (χ4n) is 1.61. The summed E-state index contributed by atoms with van der Waals surface area (Å²) >= 11 is 6.10. The van der Waals surface area contributed by atoms with Crippen molar-refractivity contribution in [3.8, 4) is 11.6 Å². The van der Waals surface area contributed by atoms with Crippen molar-refractivity contribution < 1.29 is 4.74 Å². The molecule has 2 rings (SSSR count). The zero-order valence-electron chi connectivity index (χ0n) is 10.5. The molecule has 1 aromatic carbocycles. The van der Waals surface area contributed by atoms with Gasteiger partial charge < -0.3 is 10.5 Å². The Bertz CT molecular complexity index is 596. The average molecular weight is 276 g/mol. The smallest absolute Gasteiger partial charge is 0.238 e. The predicted molar refractivity (Wildman–Crippen MR) is 76.2 cm³/mol. The Morgan fingerprint density at radius 1 is 1.32 bits per heavy atom. The highest BCUT2D eigenvalue weighted by Gasteiger charge is 2.11. The third-order valence-electron chi connectivity index (χ3n) is 2.69. The Morgan fingerprint density at radius 3 is 2.58 bits per heavy atom. The second-order valence-corrected chi connectivity index (χ2v) is 4.37. The van der Waals surface area contributed by atoms with E-state index in [9.17, 15) is 0 Å². The van der Waals surface area contributed by atoms with Crippen LogP contribution in [0.3, 0.4) is 0 Å². The molecule has 0 fully saturated rings. The fourth-order valence-corrected chi connectivity index (χ4v) is 1.86. The standard InChI is InChI=1S/C14H14ClN3O/c1-2-9-3-5-10(6-4-9)19-14-12(15)11(13(16)17)7-8-18-14/h3-8H,2H2,1H3,(H3,16,17). The lowest BCUT2D eigenvalue weighted by atomic mass is 10.2. The lowest BCUT2D eigenvalue weighted by Gasteiger charge is -2.09. The number of ether oxygens (including phenoxy) is 1. The van der Waals surface area contributed by atoms with Crippen LogP contribution in [0.2, 0.25) is 5.02 Å². The van der Waals surface area contributed by atoms with E-state index in [4.69, 9.17) is 27.5 Å². The number of amidine groups is 1. The third-order valence-corrected chi connectivity index (χ3v) is 3.06. The molecule has 0 atom stereocenters. The van der Waals surface area contributed by atoms with Gasteiger partial charge in [-0.25, -0.2) is 4.98 Å². The molecular formula is C14H14ClN3O. The first-order chi connectivity index (χ1) is 9.11. The zero-order valence-corrected chi connectivity index (χ0v) is 11.2. The number of benzene rings is 1. The number of hydrogen-bond donors (Lipinski definition) is 2. The van der Waals surface area contributed by atoms with Gasteiger partial charge in [0.25, 0.3) is 0 Å². The van der Waals surface area contributed by atoms with Gasteiger partial charge in [0.05, 0.1) is 0 Å². The Kier molecular flexibility index (Phi) is 4.02. The molecule has 0 aliphatic heterocycles. The van der Waals surface area contributed by atoms with E-state index in [2.05, 4.69) is 11.9 Å². The molecule has 0 saturated heterocycles. The zero-order chi connectivity index (χ0) is 13.8.